The third-order valence-corrected chi connectivity index (χ3v) is 3.43. The van der Waals surface area contributed by atoms with E-state index in [4.69, 9.17) is 5.26 Å². The normalized spacial score (nSPS) is 12.1. The lowest BCUT2D eigenvalue weighted by atomic mass is 9.88. The molecule has 0 amide bonds. The van der Waals surface area contributed by atoms with Crippen LogP contribution in [-0.4, -0.2) is 4.98 Å². The highest BCUT2D eigenvalue weighted by molar-refractivity contribution is 5.33. The van der Waals surface area contributed by atoms with Crippen LogP contribution in [0.1, 0.15) is 76.0 Å². The van der Waals surface area contributed by atoms with Crippen LogP contribution in [-0.2, 0) is 0 Å². The summed E-state index contributed by atoms with van der Waals surface area (Å²) in [5.41, 5.74) is 1.77. The van der Waals surface area contributed by atoms with Gasteiger partial charge in [0.15, 0.2) is 0 Å². The molecule has 0 saturated carbocycles. The summed E-state index contributed by atoms with van der Waals surface area (Å²) in [5.74, 6) is 0.509. The van der Waals surface area contributed by atoms with Crippen LogP contribution < -0.4 is 0 Å². The molecule has 1 rings (SSSR count). The summed E-state index contributed by atoms with van der Waals surface area (Å²) in [6.45, 7) is 4.44. The minimum atomic E-state index is 0.509. The van der Waals surface area contributed by atoms with E-state index < -0.39 is 0 Å². The van der Waals surface area contributed by atoms with Gasteiger partial charge in [-0.05, 0) is 30.4 Å². The highest BCUT2D eigenvalue weighted by Crippen LogP contribution is 2.28. The van der Waals surface area contributed by atoms with Crippen molar-refractivity contribution in [2.75, 3.05) is 0 Å². The monoisotopic (exact) mass is 244 g/mol. The molecule has 98 valence electrons. The summed E-state index contributed by atoms with van der Waals surface area (Å²) in [7, 11) is 0. The van der Waals surface area contributed by atoms with Crippen molar-refractivity contribution in [1.29, 1.82) is 5.26 Å². The molecule has 1 atom stereocenters. The summed E-state index contributed by atoms with van der Waals surface area (Å²) in [6.07, 6.45) is 10.4. The Labute approximate surface area is 111 Å². The number of unbranched alkanes of at least 4 members (excludes halogenated alkanes) is 3. The van der Waals surface area contributed by atoms with Crippen LogP contribution in [0.3, 0.4) is 0 Å². The van der Waals surface area contributed by atoms with Crippen molar-refractivity contribution in [3.63, 3.8) is 0 Å². The zero-order chi connectivity index (χ0) is 13.2. The summed E-state index contributed by atoms with van der Waals surface area (Å²) < 4.78 is 0. The van der Waals surface area contributed by atoms with Gasteiger partial charge in [0.2, 0.25) is 0 Å². The molecule has 2 nitrogen and oxygen atoms in total. The molecule has 0 N–H and O–H groups in total. The molecule has 1 heterocycles. The Morgan fingerprint density at radius 1 is 1.17 bits per heavy atom. The van der Waals surface area contributed by atoms with Crippen molar-refractivity contribution >= 4 is 0 Å². The molecule has 0 bridgehead atoms. The van der Waals surface area contributed by atoms with Crippen molar-refractivity contribution in [3.05, 3.63) is 29.6 Å². The van der Waals surface area contributed by atoms with E-state index in [-0.39, 0.29) is 0 Å². The maximum Gasteiger partial charge on any atom is 0.143 e. The highest BCUT2D eigenvalue weighted by Gasteiger charge is 2.14. The zero-order valence-corrected chi connectivity index (χ0v) is 11.7. The molecule has 18 heavy (non-hydrogen) atoms. The Morgan fingerprint density at radius 3 is 2.67 bits per heavy atom. The van der Waals surface area contributed by atoms with Crippen LogP contribution in [0.15, 0.2) is 18.3 Å². The molecular weight excluding hydrogens is 220 g/mol. The number of pyridine rings is 1. The molecule has 0 aromatic carbocycles. The highest BCUT2D eigenvalue weighted by atomic mass is 14.7. The maximum atomic E-state index is 9.13. The SMILES string of the molecule is CCCCCCC(CCC)c1cccnc1C#N. The van der Waals surface area contributed by atoms with Crippen LogP contribution in [0, 0.1) is 11.3 Å². The minimum Gasteiger partial charge on any atom is -0.245 e. The van der Waals surface area contributed by atoms with Gasteiger partial charge in [0.1, 0.15) is 11.8 Å². The number of nitriles is 1. The van der Waals surface area contributed by atoms with Gasteiger partial charge in [0.25, 0.3) is 0 Å². The number of hydrogen-bond acceptors (Lipinski definition) is 2. The lowest BCUT2D eigenvalue weighted by Gasteiger charge is -2.17. The molecule has 0 aliphatic heterocycles. The van der Waals surface area contributed by atoms with Crippen LogP contribution in [0.4, 0.5) is 0 Å². The number of nitrogens with zero attached hydrogens (tertiary/aromatic N) is 2. The quantitative estimate of drug-likeness (QED) is 0.615. The topological polar surface area (TPSA) is 36.7 Å². The average Bonchev–Trinajstić information content (AvgIpc) is 2.42. The van der Waals surface area contributed by atoms with Gasteiger partial charge in [-0.3, -0.25) is 0 Å². The van der Waals surface area contributed by atoms with E-state index in [9.17, 15) is 0 Å². The zero-order valence-electron chi connectivity index (χ0n) is 11.7. The first-order chi connectivity index (χ1) is 8.83. The lowest BCUT2D eigenvalue weighted by Crippen LogP contribution is -2.03. The van der Waals surface area contributed by atoms with E-state index in [2.05, 4.69) is 31.0 Å². The summed E-state index contributed by atoms with van der Waals surface area (Å²) in [4.78, 5) is 4.18. The van der Waals surface area contributed by atoms with Gasteiger partial charge in [0.05, 0.1) is 0 Å². The van der Waals surface area contributed by atoms with Crippen LogP contribution >= 0.6 is 0 Å². The van der Waals surface area contributed by atoms with E-state index in [1.54, 1.807) is 6.20 Å². The van der Waals surface area contributed by atoms with Crippen LogP contribution in [0.5, 0.6) is 0 Å². The second-order valence-electron chi connectivity index (χ2n) is 4.89. The predicted molar refractivity (Wildman–Crippen MR) is 75.4 cm³/mol. The van der Waals surface area contributed by atoms with Crippen molar-refractivity contribution in [3.8, 4) is 6.07 Å². The third kappa shape index (κ3) is 4.49. The molecule has 1 aromatic rings. The van der Waals surface area contributed by atoms with E-state index >= 15 is 0 Å². The number of rotatable bonds is 8. The molecule has 0 aliphatic rings. The van der Waals surface area contributed by atoms with Crippen molar-refractivity contribution in [2.45, 2.75) is 64.7 Å². The van der Waals surface area contributed by atoms with Crippen molar-refractivity contribution < 1.29 is 0 Å². The van der Waals surface area contributed by atoms with Gasteiger partial charge in [-0.15, -0.1) is 0 Å². The molecule has 0 saturated heterocycles. The lowest BCUT2D eigenvalue weighted by molar-refractivity contribution is 0.519. The fraction of sp³-hybridized carbons (Fsp3) is 0.625. The Kier molecular flexibility index (Phi) is 7.10. The first kappa shape index (κ1) is 14.7. The van der Waals surface area contributed by atoms with E-state index in [0.29, 0.717) is 11.6 Å². The van der Waals surface area contributed by atoms with E-state index in [0.717, 1.165) is 18.4 Å². The third-order valence-electron chi connectivity index (χ3n) is 3.43. The van der Waals surface area contributed by atoms with Gasteiger partial charge < -0.3 is 0 Å². The van der Waals surface area contributed by atoms with E-state index in [1.807, 2.05) is 6.07 Å². The Morgan fingerprint density at radius 2 is 2.00 bits per heavy atom. The van der Waals surface area contributed by atoms with Gasteiger partial charge in [0, 0.05) is 6.20 Å². The van der Waals surface area contributed by atoms with Gasteiger partial charge in [-0.2, -0.15) is 5.26 Å². The molecule has 0 aliphatic carbocycles. The Balaban J connectivity index is 2.68. The number of aromatic nitrogens is 1. The molecular formula is C16H24N2. The molecule has 0 radical (unpaired) electrons. The summed E-state index contributed by atoms with van der Waals surface area (Å²) in [5, 5.41) is 9.13. The Hall–Kier alpha value is -1.36. The minimum absolute atomic E-state index is 0.509. The summed E-state index contributed by atoms with van der Waals surface area (Å²) >= 11 is 0. The second-order valence-corrected chi connectivity index (χ2v) is 4.89. The molecule has 1 unspecified atom stereocenters. The fourth-order valence-corrected chi connectivity index (χ4v) is 2.46. The fourth-order valence-electron chi connectivity index (χ4n) is 2.46. The number of hydrogen-bond donors (Lipinski definition) is 0. The average molecular weight is 244 g/mol. The first-order valence-corrected chi connectivity index (χ1v) is 7.18. The molecule has 2 heteroatoms. The van der Waals surface area contributed by atoms with E-state index in [1.165, 1.54) is 32.1 Å². The maximum absolute atomic E-state index is 9.13. The smallest absolute Gasteiger partial charge is 0.143 e. The molecule has 0 fully saturated rings. The second kappa shape index (κ2) is 8.69. The van der Waals surface area contributed by atoms with Crippen molar-refractivity contribution in [1.82, 2.24) is 4.98 Å². The van der Waals surface area contributed by atoms with Gasteiger partial charge in [-0.1, -0.05) is 52.0 Å². The van der Waals surface area contributed by atoms with Gasteiger partial charge >= 0.3 is 0 Å². The van der Waals surface area contributed by atoms with Crippen LogP contribution in [0.2, 0.25) is 0 Å². The van der Waals surface area contributed by atoms with Crippen LogP contribution in [0.25, 0.3) is 0 Å². The molecule has 1 aromatic heterocycles. The standard InChI is InChI=1S/C16H24N2/c1-3-5-6-7-10-14(9-4-2)15-11-8-12-18-16(15)13-17/h8,11-12,14H,3-7,9-10H2,1-2H3. The van der Waals surface area contributed by atoms with Gasteiger partial charge in [-0.25, -0.2) is 4.98 Å². The Bertz CT molecular complexity index is 379. The largest absolute Gasteiger partial charge is 0.245 e. The first-order valence-electron chi connectivity index (χ1n) is 7.18. The predicted octanol–water partition coefficient (Wildman–Crippen LogP) is 4.81. The van der Waals surface area contributed by atoms with Crippen molar-refractivity contribution in [2.24, 2.45) is 0 Å². The summed E-state index contributed by atoms with van der Waals surface area (Å²) in [6, 6.07) is 6.25. The molecule has 0 spiro atoms.